The Labute approximate surface area is 159 Å². The van der Waals surface area contributed by atoms with Gasteiger partial charge >= 0.3 is 0 Å². The lowest BCUT2D eigenvalue weighted by molar-refractivity contribution is -0.116. The first-order chi connectivity index (χ1) is 13.3. The van der Waals surface area contributed by atoms with Crippen LogP contribution in [0.2, 0.25) is 0 Å². The predicted octanol–water partition coefficient (Wildman–Crippen LogP) is 3.85. The van der Waals surface area contributed by atoms with Crippen LogP contribution in [0.5, 0.6) is 0 Å². The minimum Gasteiger partial charge on any atom is -0.341 e. The van der Waals surface area contributed by atoms with E-state index in [9.17, 15) is 4.79 Å². The molecule has 0 saturated carbocycles. The van der Waals surface area contributed by atoms with Crippen molar-refractivity contribution in [2.24, 2.45) is 0 Å². The van der Waals surface area contributed by atoms with Gasteiger partial charge in [-0.25, -0.2) is 9.97 Å². The molecule has 4 rings (SSSR count). The fourth-order valence-corrected chi connectivity index (χ4v) is 3.47. The maximum atomic E-state index is 13.1. The summed E-state index contributed by atoms with van der Waals surface area (Å²) in [6, 6.07) is 19.6. The van der Waals surface area contributed by atoms with Gasteiger partial charge in [-0.05, 0) is 24.0 Å². The Morgan fingerprint density at radius 2 is 1.37 bits per heavy atom. The normalized spacial score (nSPS) is 13.7. The lowest BCUT2D eigenvalue weighted by atomic mass is 9.90. The van der Waals surface area contributed by atoms with Crippen LogP contribution < -0.4 is 10.2 Å². The van der Waals surface area contributed by atoms with Crippen molar-refractivity contribution in [1.82, 2.24) is 9.97 Å². The van der Waals surface area contributed by atoms with Gasteiger partial charge in [-0.3, -0.25) is 4.79 Å². The molecule has 1 N–H and O–H groups in total. The van der Waals surface area contributed by atoms with Crippen molar-refractivity contribution in [3.8, 4) is 0 Å². The monoisotopic (exact) mass is 358 g/mol. The maximum absolute atomic E-state index is 13.1. The molecule has 0 unspecified atom stereocenters. The minimum absolute atomic E-state index is 0.0927. The molecule has 0 aliphatic carbocycles. The third-order valence-corrected chi connectivity index (χ3v) is 4.82. The maximum Gasteiger partial charge on any atom is 0.236 e. The number of hydrogen-bond donors (Lipinski definition) is 1. The highest BCUT2D eigenvalue weighted by Gasteiger charge is 2.23. The zero-order valence-corrected chi connectivity index (χ0v) is 15.1. The molecular formula is C22H22N4O. The van der Waals surface area contributed by atoms with E-state index in [-0.39, 0.29) is 11.8 Å². The molecule has 136 valence electrons. The summed E-state index contributed by atoms with van der Waals surface area (Å²) in [7, 11) is 0. The molecule has 1 saturated heterocycles. The van der Waals surface area contributed by atoms with Gasteiger partial charge in [-0.2, -0.15) is 0 Å². The molecule has 1 amide bonds. The van der Waals surface area contributed by atoms with Gasteiger partial charge in [-0.1, -0.05) is 60.7 Å². The van der Waals surface area contributed by atoms with Crippen LogP contribution in [0.15, 0.2) is 73.1 Å². The lowest BCUT2D eigenvalue weighted by Gasteiger charge is -2.18. The standard InChI is InChI=1S/C22H22N4O/c27-21(25-19-15-23-22(24-16-19)26-13-7-8-14-26)20(17-9-3-1-4-10-17)18-11-5-2-6-12-18/h1-6,9-12,15-16,20H,7-8,13-14H2,(H,25,27). The van der Waals surface area contributed by atoms with Gasteiger partial charge in [0.15, 0.2) is 0 Å². The number of benzene rings is 2. The quantitative estimate of drug-likeness (QED) is 0.753. The fraction of sp³-hybridized carbons (Fsp3) is 0.227. The number of rotatable bonds is 5. The smallest absolute Gasteiger partial charge is 0.236 e. The Morgan fingerprint density at radius 1 is 0.852 bits per heavy atom. The zero-order valence-electron chi connectivity index (χ0n) is 15.1. The predicted molar refractivity (Wildman–Crippen MR) is 107 cm³/mol. The first kappa shape index (κ1) is 17.2. The third-order valence-electron chi connectivity index (χ3n) is 4.82. The Kier molecular flexibility index (Phi) is 5.10. The summed E-state index contributed by atoms with van der Waals surface area (Å²) in [6.07, 6.45) is 5.73. The Balaban J connectivity index is 1.55. The summed E-state index contributed by atoms with van der Waals surface area (Å²) in [4.78, 5) is 24.1. The second-order valence-electron chi connectivity index (χ2n) is 6.71. The Morgan fingerprint density at radius 3 is 1.89 bits per heavy atom. The molecule has 3 aromatic rings. The first-order valence-corrected chi connectivity index (χ1v) is 9.29. The SMILES string of the molecule is O=C(Nc1cnc(N2CCCC2)nc1)C(c1ccccc1)c1ccccc1. The number of carbonyl (C=O) groups excluding carboxylic acids is 1. The Bertz CT molecular complexity index is 836. The first-order valence-electron chi connectivity index (χ1n) is 9.29. The van der Waals surface area contributed by atoms with Crippen LogP contribution in [-0.4, -0.2) is 29.0 Å². The highest BCUT2D eigenvalue weighted by Crippen LogP contribution is 2.26. The highest BCUT2D eigenvalue weighted by atomic mass is 16.1. The van der Waals surface area contributed by atoms with Gasteiger partial charge in [0.05, 0.1) is 24.0 Å². The molecule has 1 aliphatic rings. The van der Waals surface area contributed by atoms with Crippen molar-refractivity contribution < 1.29 is 4.79 Å². The van der Waals surface area contributed by atoms with E-state index in [1.165, 1.54) is 12.8 Å². The van der Waals surface area contributed by atoms with Crippen molar-refractivity contribution in [2.45, 2.75) is 18.8 Å². The summed E-state index contributed by atoms with van der Waals surface area (Å²) in [5.74, 6) is 0.253. The molecule has 1 fully saturated rings. The van der Waals surface area contributed by atoms with Crippen molar-refractivity contribution in [1.29, 1.82) is 0 Å². The van der Waals surface area contributed by atoms with Crippen LogP contribution in [0.25, 0.3) is 0 Å². The zero-order chi connectivity index (χ0) is 18.5. The largest absolute Gasteiger partial charge is 0.341 e. The average Bonchev–Trinajstić information content (AvgIpc) is 3.25. The van der Waals surface area contributed by atoms with Crippen LogP contribution in [0.4, 0.5) is 11.6 Å². The second-order valence-corrected chi connectivity index (χ2v) is 6.71. The number of aromatic nitrogens is 2. The number of anilines is 2. The topological polar surface area (TPSA) is 58.1 Å². The number of amides is 1. The van der Waals surface area contributed by atoms with E-state index in [1.807, 2.05) is 60.7 Å². The minimum atomic E-state index is -0.384. The van der Waals surface area contributed by atoms with Gasteiger partial charge in [0.25, 0.3) is 0 Å². The molecule has 5 nitrogen and oxygen atoms in total. The van der Waals surface area contributed by atoms with E-state index in [1.54, 1.807) is 12.4 Å². The van der Waals surface area contributed by atoms with Gasteiger partial charge in [0, 0.05) is 13.1 Å². The van der Waals surface area contributed by atoms with Gasteiger partial charge in [-0.15, -0.1) is 0 Å². The Hall–Kier alpha value is -3.21. The molecule has 5 heteroatoms. The van der Waals surface area contributed by atoms with E-state index in [0.717, 1.165) is 30.2 Å². The summed E-state index contributed by atoms with van der Waals surface area (Å²) >= 11 is 0. The number of carbonyl (C=O) groups is 1. The van der Waals surface area contributed by atoms with Crippen LogP contribution in [-0.2, 0) is 4.79 Å². The fourth-order valence-electron chi connectivity index (χ4n) is 3.47. The summed E-state index contributed by atoms with van der Waals surface area (Å²) < 4.78 is 0. The second kappa shape index (κ2) is 7.99. The van der Waals surface area contributed by atoms with Crippen molar-refractivity contribution in [3.63, 3.8) is 0 Å². The third kappa shape index (κ3) is 3.97. The number of nitrogens with zero attached hydrogens (tertiary/aromatic N) is 3. The van der Waals surface area contributed by atoms with Crippen molar-refractivity contribution in [3.05, 3.63) is 84.2 Å². The molecule has 0 radical (unpaired) electrons. The molecular weight excluding hydrogens is 336 g/mol. The van der Waals surface area contributed by atoms with Crippen LogP contribution in [0, 0.1) is 0 Å². The molecule has 2 heterocycles. The molecule has 0 spiro atoms. The van der Waals surface area contributed by atoms with E-state index in [0.29, 0.717) is 5.69 Å². The van der Waals surface area contributed by atoms with Crippen molar-refractivity contribution >= 4 is 17.5 Å². The average molecular weight is 358 g/mol. The molecule has 0 bridgehead atoms. The van der Waals surface area contributed by atoms with Crippen molar-refractivity contribution in [2.75, 3.05) is 23.3 Å². The van der Waals surface area contributed by atoms with E-state index >= 15 is 0 Å². The number of nitrogens with one attached hydrogen (secondary N) is 1. The molecule has 1 aliphatic heterocycles. The van der Waals surface area contributed by atoms with Gasteiger partial charge in [0.1, 0.15) is 0 Å². The van der Waals surface area contributed by atoms with Crippen LogP contribution in [0.1, 0.15) is 29.9 Å². The molecule has 2 aromatic carbocycles. The number of hydrogen-bond acceptors (Lipinski definition) is 4. The van der Waals surface area contributed by atoms with Crippen LogP contribution in [0.3, 0.4) is 0 Å². The molecule has 0 atom stereocenters. The molecule has 1 aromatic heterocycles. The van der Waals surface area contributed by atoms with E-state index < -0.39 is 0 Å². The van der Waals surface area contributed by atoms with E-state index in [4.69, 9.17) is 0 Å². The summed E-state index contributed by atoms with van der Waals surface area (Å²) in [5, 5.41) is 2.97. The molecule has 27 heavy (non-hydrogen) atoms. The van der Waals surface area contributed by atoms with E-state index in [2.05, 4.69) is 20.2 Å². The van der Waals surface area contributed by atoms with Gasteiger partial charge < -0.3 is 10.2 Å². The van der Waals surface area contributed by atoms with Crippen LogP contribution >= 0.6 is 0 Å². The summed E-state index contributed by atoms with van der Waals surface area (Å²) in [5.41, 5.74) is 2.52. The lowest BCUT2D eigenvalue weighted by Crippen LogP contribution is -2.23. The summed E-state index contributed by atoms with van der Waals surface area (Å²) in [6.45, 7) is 1.99. The van der Waals surface area contributed by atoms with Gasteiger partial charge in [0.2, 0.25) is 11.9 Å². The highest BCUT2D eigenvalue weighted by molar-refractivity contribution is 5.98.